The maximum Gasteiger partial charge on any atom is 0.262 e. The molecule has 1 aliphatic rings. The Morgan fingerprint density at radius 3 is 2.79 bits per heavy atom. The van der Waals surface area contributed by atoms with E-state index in [9.17, 15) is 4.79 Å². The molecule has 0 bridgehead atoms. The molecule has 1 fully saturated rings. The molecule has 1 atom stereocenters. The summed E-state index contributed by atoms with van der Waals surface area (Å²) < 4.78 is 16.0. The van der Waals surface area contributed by atoms with Crippen LogP contribution in [-0.2, 0) is 7.05 Å². The van der Waals surface area contributed by atoms with E-state index in [0.29, 0.717) is 22.2 Å². The molecule has 1 aliphatic heterocycles. The van der Waals surface area contributed by atoms with Gasteiger partial charge in [0.1, 0.15) is 34.2 Å². The molecule has 200 valence electrons. The van der Waals surface area contributed by atoms with Crippen LogP contribution in [0, 0.1) is 0 Å². The van der Waals surface area contributed by atoms with Gasteiger partial charge < -0.3 is 20.5 Å². The minimum Gasteiger partial charge on any atom is -0.483 e. The molecule has 0 spiro atoms. The predicted octanol–water partition coefficient (Wildman–Crippen LogP) is 4.25. The number of primary amides is 1. The van der Waals surface area contributed by atoms with Gasteiger partial charge in [-0.05, 0) is 56.6 Å². The number of fused-ring (bicyclic) bond motifs is 1. The molecule has 0 saturated carbocycles. The highest BCUT2D eigenvalue weighted by Crippen LogP contribution is 2.36. The average Bonchev–Trinajstić information content (AvgIpc) is 3.67. The number of carbonyl (C=O) groups excluding carboxylic acids is 1. The molecule has 11 heteroatoms. The van der Waals surface area contributed by atoms with Crippen LogP contribution in [-0.4, -0.2) is 49.4 Å². The van der Waals surface area contributed by atoms with Gasteiger partial charge in [0.25, 0.3) is 5.91 Å². The lowest BCUT2D eigenvalue weighted by Crippen LogP contribution is -2.34. The highest BCUT2D eigenvalue weighted by molar-refractivity contribution is 7.16. The Kier molecular flexibility index (Phi) is 6.76. The number of carbonyl (C=O) groups is 1. The zero-order valence-electron chi connectivity index (χ0n) is 21.7. The molecule has 1 aromatic carbocycles. The minimum absolute atomic E-state index is 0.150. The molecule has 10 nitrogen and oxygen atoms in total. The van der Waals surface area contributed by atoms with Crippen LogP contribution in [0.1, 0.15) is 41.2 Å². The van der Waals surface area contributed by atoms with Crippen LogP contribution in [0.4, 0.5) is 0 Å². The Bertz CT molecular complexity index is 1630. The molecule has 6 rings (SSSR count). The highest BCUT2D eigenvalue weighted by atomic mass is 32.1. The Balaban J connectivity index is 1.25. The third-order valence-corrected chi connectivity index (χ3v) is 7.90. The van der Waals surface area contributed by atoms with E-state index in [1.807, 2.05) is 73.4 Å². The smallest absolute Gasteiger partial charge is 0.262 e. The first-order chi connectivity index (χ1) is 18.9. The van der Waals surface area contributed by atoms with Crippen LogP contribution >= 0.6 is 11.3 Å². The SMILES string of the molecule is CC(Oc1cc(-n2cnc3cc(-c4cnn(C)c4)ccc32)sc1C(N)=O)c1cccc(OC2CCNCC2)n1. The summed E-state index contributed by atoms with van der Waals surface area (Å²) in [5.41, 5.74) is 10.2. The second-order valence-corrected chi connectivity index (χ2v) is 10.6. The standard InChI is InChI=1S/C28H29N7O3S/c1-17(21-4-3-5-25(33-21)38-20-8-10-30-11-9-20)37-24-13-26(39-27(24)28(29)36)35-16-31-22-12-18(6-7-23(22)35)19-14-32-34(2)15-19/h3-7,12-17,20,30H,8-11H2,1-2H3,(H2,29,36). The van der Waals surface area contributed by atoms with Gasteiger partial charge in [0.2, 0.25) is 5.88 Å². The summed E-state index contributed by atoms with van der Waals surface area (Å²) >= 11 is 1.27. The van der Waals surface area contributed by atoms with E-state index in [1.165, 1.54) is 11.3 Å². The average molecular weight is 544 g/mol. The van der Waals surface area contributed by atoms with E-state index in [0.717, 1.165) is 53.1 Å². The minimum atomic E-state index is -0.548. The van der Waals surface area contributed by atoms with Crippen LogP contribution in [0.3, 0.4) is 0 Å². The van der Waals surface area contributed by atoms with E-state index in [1.54, 1.807) is 11.0 Å². The largest absolute Gasteiger partial charge is 0.483 e. The van der Waals surface area contributed by atoms with Crippen molar-refractivity contribution in [2.45, 2.75) is 32.0 Å². The van der Waals surface area contributed by atoms with Gasteiger partial charge in [0.15, 0.2) is 0 Å². The Hall–Kier alpha value is -4.22. The number of hydrogen-bond acceptors (Lipinski definition) is 8. The summed E-state index contributed by atoms with van der Waals surface area (Å²) in [4.78, 5) is 21.9. The summed E-state index contributed by atoms with van der Waals surface area (Å²) in [6, 6.07) is 13.5. The van der Waals surface area contributed by atoms with E-state index >= 15 is 0 Å². The van der Waals surface area contributed by atoms with Crippen LogP contribution in [0.5, 0.6) is 11.6 Å². The summed E-state index contributed by atoms with van der Waals surface area (Å²) in [7, 11) is 1.89. The number of nitrogens with two attached hydrogens (primary N) is 1. The summed E-state index contributed by atoms with van der Waals surface area (Å²) in [5, 5.41) is 8.37. The molecule has 39 heavy (non-hydrogen) atoms. The first-order valence-corrected chi connectivity index (χ1v) is 13.7. The topological polar surface area (TPSA) is 122 Å². The molecule has 3 N–H and O–H groups in total. The second-order valence-electron chi connectivity index (χ2n) is 9.59. The molecule has 1 saturated heterocycles. The second kappa shape index (κ2) is 10.5. The highest BCUT2D eigenvalue weighted by Gasteiger charge is 2.22. The first-order valence-electron chi connectivity index (χ1n) is 12.9. The quantitative estimate of drug-likeness (QED) is 0.300. The van der Waals surface area contributed by atoms with Crippen molar-refractivity contribution in [3.05, 3.63) is 71.8 Å². The fraction of sp³-hybridized carbons (Fsp3) is 0.286. The molecule has 5 heterocycles. The number of imidazole rings is 1. The van der Waals surface area contributed by atoms with Crippen molar-refractivity contribution in [3.8, 4) is 27.8 Å². The number of hydrogen-bond donors (Lipinski definition) is 2. The van der Waals surface area contributed by atoms with Gasteiger partial charge in [-0.25, -0.2) is 9.97 Å². The monoisotopic (exact) mass is 543 g/mol. The molecule has 0 radical (unpaired) electrons. The molecular formula is C28H29N7O3S. The maximum atomic E-state index is 12.3. The Morgan fingerprint density at radius 2 is 2.03 bits per heavy atom. The van der Waals surface area contributed by atoms with Crippen molar-refractivity contribution < 1.29 is 14.3 Å². The molecule has 5 aromatic rings. The van der Waals surface area contributed by atoms with Crippen LogP contribution < -0.4 is 20.5 Å². The number of rotatable bonds is 8. The van der Waals surface area contributed by atoms with Crippen molar-refractivity contribution in [3.63, 3.8) is 0 Å². The Morgan fingerprint density at radius 1 is 1.18 bits per heavy atom. The fourth-order valence-corrected chi connectivity index (χ4v) is 5.66. The van der Waals surface area contributed by atoms with Gasteiger partial charge in [-0.2, -0.15) is 5.10 Å². The number of piperidine rings is 1. The summed E-state index contributed by atoms with van der Waals surface area (Å²) in [6.07, 6.45) is 7.15. The van der Waals surface area contributed by atoms with Gasteiger partial charge >= 0.3 is 0 Å². The van der Waals surface area contributed by atoms with Crippen LogP contribution in [0.25, 0.3) is 27.2 Å². The number of aryl methyl sites for hydroxylation is 1. The number of nitrogens with zero attached hydrogens (tertiary/aromatic N) is 5. The molecule has 1 amide bonds. The number of ether oxygens (including phenoxy) is 2. The number of benzene rings is 1. The lowest BCUT2D eigenvalue weighted by Gasteiger charge is -2.23. The van der Waals surface area contributed by atoms with Crippen LogP contribution in [0.2, 0.25) is 0 Å². The first kappa shape index (κ1) is 25.1. The van der Waals surface area contributed by atoms with E-state index in [2.05, 4.69) is 20.4 Å². The summed E-state index contributed by atoms with van der Waals surface area (Å²) in [5.74, 6) is 0.439. The normalized spacial score (nSPS) is 14.9. The van der Waals surface area contributed by atoms with E-state index < -0.39 is 12.0 Å². The van der Waals surface area contributed by atoms with Gasteiger partial charge in [-0.1, -0.05) is 12.1 Å². The summed E-state index contributed by atoms with van der Waals surface area (Å²) in [6.45, 7) is 3.78. The van der Waals surface area contributed by atoms with Crippen molar-refractivity contribution in [1.82, 2.24) is 29.6 Å². The zero-order chi connectivity index (χ0) is 26.9. The lowest BCUT2D eigenvalue weighted by atomic mass is 10.1. The lowest BCUT2D eigenvalue weighted by molar-refractivity contribution is 0.0997. The van der Waals surface area contributed by atoms with Gasteiger partial charge in [0.05, 0.1) is 22.9 Å². The third kappa shape index (κ3) is 5.23. The van der Waals surface area contributed by atoms with E-state index in [4.69, 9.17) is 15.2 Å². The zero-order valence-corrected chi connectivity index (χ0v) is 22.5. The van der Waals surface area contributed by atoms with Crippen molar-refractivity contribution in [2.75, 3.05) is 13.1 Å². The fourth-order valence-electron chi connectivity index (χ4n) is 4.74. The third-order valence-electron chi connectivity index (χ3n) is 6.77. The molecule has 4 aromatic heterocycles. The van der Waals surface area contributed by atoms with E-state index in [-0.39, 0.29) is 6.10 Å². The van der Waals surface area contributed by atoms with Crippen LogP contribution in [0.15, 0.2) is 61.2 Å². The number of pyridine rings is 1. The van der Waals surface area contributed by atoms with Crippen molar-refractivity contribution >= 4 is 28.3 Å². The molecular weight excluding hydrogens is 514 g/mol. The number of aromatic nitrogens is 5. The van der Waals surface area contributed by atoms with Gasteiger partial charge in [0, 0.05) is 30.9 Å². The number of nitrogens with one attached hydrogen (secondary N) is 1. The molecule has 1 unspecified atom stereocenters. The number of thiophene rings is 1. The van der Waals surface area contributed by atoms with Crippen molar-refractivity contribution in [2.24, 2.45) is 12.8 Å². The van der Waals surface area contributed by atoms with Crippen molar-refractivity contribution in [1.29, 1.82) is 0 Å². The number of amides is 1. The molecule has 0 aliphatic carbocycles. The van der Waals surface area contributed by atoms with Gasteiger partial charge in [-0.3, -0.25) is 14.0 Å². The maximum absolute atomic E-state index is 12.3. The van der Waals surface area contributed by atoms with Gasteiger partial charge in [-0.15, -0.1) is 11.3 Å². The predicted molar refractivity (Wildman–Crippen MR) is 149 cm³/mol. The Labute approximate surface area is 229 Å².